The normalized spacial score (nSPS) is 79.7. The Kier molecular flexibility index (Phi) is 1.10. The second kappa shape index (κ2) is 1.87. The molecule has 5 fully saturated rings. The van der Waals surface area contributed by atoms with Crippen LogP contribution in [0.2, 0.25) is 0 Å². The molecular weight excluding hydrogens is 211 g/mol. The molecular formula is C15H23P. The maximum atomic E-state index is 3.20. The Hall–Kier alpha value is 0.430. The van der Waals surface area contributed by atoms with E-state index in [1.54, 1.807) is 6.42 Å². The van der Waals surface area contributed by atoms with Gasteiger partial charge >= 0.3 is 0 Å². The van der Waals surface area contributed by atoms with E-state index in [0.717, 1.165) is 40.4 Å². The predicted molar refractivity (Wildman–Crippen MR) is 69.1 cm³/mol. The minimum absolute atomic E-state index is 0.609. The van der Waals surface area contributed by atoms with Crippen molar-refractivity contribution in [1.82, 2.24) is 0 Å². The Morgan fingerprint density at radius 3 is 2.25 bits per heavy atom. The first-order valence-corrected chi connectivity index (χ1v) is 7.69. The molecule has 88 valence electrons. The summed E-state index contributed by atoms with van der Waals surface area (Å²) in [4.78, 5) is 0. The van der Waals surface area contributed by atoms with Gasteiger partial charge in [0, 0.05) is 0 Å². The lowest BCUT2D eigenvalue weighted by Gasteiger charge is -2.52. The number of rotatable bonds is 0. The van der Waals surface area contributed by atoms with Crippen molar-refractivity contribution in [3.63, 3.8) is 0 Å². The van der Waals surface area contributed by atoms with Crippen LogP contribution in [0.1, 0.15) is 40.5 Å². The largest absolute Gasteiger partial charge is 0.131 e. The molecule has 0 bridgehead atoms. The molecule has 0 N–H and O–H groups in total. The molecule has 0 amide bonds. The van der Waals surface area contributed by atoms with E-state index in [9.17, 15) is 0 Å². The van der Waals surface area contributed by atoms with Crippen LogP contribution in [0, 0.1) is 45.8 Å². The maximum Gasteiger partial charge on any atom is -0.0133 e. The zero-order chi connectivity index (χ0) is 11.3. The topological polar surface area (TPSA) is 0 Å². The molecule has 5 saturated carbocycles. The van der Waals surface area contributed by atoms with Gasteiger partial charge in [-0.05, 0) is 63.8 Å². The quantitative estimate of drug-likeness (QED) is 0.562. The summed E-state index contributed by atoms with van der Waals surface area (Å²) in [5.41, 5.74) is 2.41. The average molecular weight is 234 g/mol. The van der Waals surface area contributed by atoms with Gasteiger partial charge in [-0.25, -0.2) is 0 Å². The van der Waals surface area contributed by atoms with Crippen molar-refractivity contribution >= 4 is 9.24 Å². The van der Waals surface area contributed by atoms with Gasteiger partial charge in [-0.2, -0.15) is 0 Å². The third kappa shape index (κ3) is 0.540. The number of hydrogen-bond acceptors (Lipinski definition) is 0. The molecule has 0 saturated heterocycles. The third-order valence-corrected chi connectivity index (χ3v) is 8.61. The highest BCUT2D eigenvalue weighted by atomic mass is 31.0. The van der Waals surface area contributed by atoms with Crippen molar-refractivity contribution in [2.75, 3.05) is 0 Å². The zero-order valence-corrected chi connectivity index (χ0v) is 12.0. The second-order valence-electron chi connectivity index (χ2n) is 8.66. The van der Waals surface area contributed by atoms with E-state index in [1.807, 2.05) is 0 Å². The third-order valence-electron chi connectivity index (χ3n) is 7.99. The van der Waals surface area contributed by atoms with Gasteiger partial charge in [0.25, 0.3) is 0 Å². The van der Waals surface area contributed by atoms with Crippen LogP contribution in [0.5, 0.6) is 0 Å². The van der Waals surface area contributed by atoms with Crippen molar-refractivity contribution in [1.29, 1.82) is 0 Å². The summed E-state index contributed by atoms with van der Waals surface area (Å²) in [6, 6.07) is 0. The lowest BCUT2D eigenvalue weighted by atomic mass is 9.61. The maximum absolute atomic E-state index is 3.20. The Balaban J connectivity index is 1.63. The number of fused-ring (bicyclic) bond motifs is 4. The fraction of sp³-hybridized carbons (Fsp3) is 1.00. The van der Waals surface area contributed by atoms with Crippen LogP contribution in [0.15, 0.2) is 0 Å². The molecule has 5 rings (SSSR count). The summed E-state index contributed by atoms with van der Waals surface area (Å²) in [6.45, 7) is 10.1. The molecule has 5 aliphatic carbocycles. The summed E-state index contributed by atoms with van der Waals surface area (Å²) in [7, 11) is 3.20. The average Bonchev–Trinajstić information content (AvgIpc) is 2.95. The standard InChI is InChI=1S/C15H23P/c1-7-9-8-5-13(4,16)10(8)11-14(15(7,9)11)6-12(14,2)3/h7-11H,5-6,16H2,1-4H3/t7-,8?,9-,10?,11?,13?,14?,15+/m0/s1. The fourth-order valence-electron chi connectivity index (χ4n) is 7.76. The molecule has 2 spiro atoms. The monoisotopic (exact) mass is 234 g/mol. The van der Waals surface area contributed by atoms with E-state index in [4.69, 9.17) is 0 Å². The van der Waals surface area contributed by atoms with Crippen molar-refractivity contribution in [2.24, 2.45) is 45.8 Å². The summed E-state index contributed by atoms with van der Waals surface area (Å²) in [5.74, 6) is 5.58. The summed E-state index contributed by atoms with van der Waals surface area (Å²) < 4.78 is 0. The van der Waals surface area contributed by atoms with Gasteiger partial charge in [-0.1, -0.05) is 27.7 Å². The van der Waals surface area contributed by atoms with Crippen LogP contribution in [-0.2, 0) is 0 Å². The molecule has 0 nitrogen and oxygen atoms in total. The Bertz CT molecular complexity index is 435. The van der Waals surface area contributed by atoms with Crippen LogP contribution < -0.4 is 0 Å². The number of hydrogen-bond donors (Lipinski definition) is 0. The first-order valence-electron chi connectivity index (χ1n) is 7.11. The first-order chi connectivity index (χ1) is 7.32. The molecule has 0 heterocycles. The Morgan fingerprint density at radius 1 is 1.12 bits per heavy atom. The molecule has 0 aliphatic heterocycles. The van der Waals surface area contributed by atoms with Gasteiger partial charge in [-0.15, -0.1) is 9.24 Å². The molecule has 0 aromatic rings. The minimum atomic E-state index is 0.609. The molecule has 1 heteroatoms. The fourth-order valence-corrected chi connectivity index (χ4v) is 8.47. The van der Waals surface area contributed by atoms with E-state index in [0.29, 0.717) is 10.6 Å². The highest BCUT2D eigenvalue weighted by molar-refractivity contribution is 7.19. The molecule has 6 unspecified atom stereocenters. The van der Waals surface area contributed by atoms with E-state index >= 15 is 0 Å². The van der Waals surface area contributed by atoms with Gasteiger partial charge in [0.1, 0.15) is 0 Å². The summed E-state index contributed by atoms with van der Waals surface area (Å²) in [5, 5.41) is 0.609. The predicted octanol–water partition coefficient (Wildman–Crippen LogP) is 3.57. The van der Waals surface area contributed by atoms with Gasteiger partial charge in [0.05, 0.1) is 0 Å². The lowest BCUT2D eigenvalue weighted by molar-refractivity contribution is 0.0774. The molecule has 0 aromatic heterocycles. The van der Waals surface area contributed by atoms with E-state index < -0.39 is 0 Å². The van der Waals surface area contributed by atoms with Gasteiger partial charge < -0.3 is 0 Å². The van der Waals surface area contributed by atoms with Crippen LogP contribution in [0.25, 0.3) is 0 Å². The molecule has 16 heavy (non-hydrogen) atoms. The lowest BCUT2D eigenvalue weighted by Crippen LogP contribution is -2.49. The Labute approximate surface area is 101 Å². The van der Waals surface area contributed by atoms with Gasteiger partial charge in [0.2, 0.25) is 0 Å². The van der Waals surface area contributed by atoms with Crippen LogP contribution in [0.4, 0.5) is 0 Å². The summed E-state index contributed by atoms with van der Waals surface area (Å²) >= 11 is 0. The van der Waals surface area contributed by atoms with Crippen molar-refractivity contribution in [2.45, 2.75) is 45.7 Å². The minimum Gasteiger partial charge on any atom is -0.131 e. The second-order valence-corrected chi connectivity index (χ2v) is 9.98. The van der Waals surface area contributed by atoms with Crippen molar-refractivity contribution < 1.29 is 0 Å². The zero-order valence-electron chi connectivity index (χ0n) is 10.9. The van der Waals surface area contributed by atoms with Crippen LogP contribution in [-0.4, -0.2) is 5.16 Å². The van der Waals surface area contributed by atoms with E-state index in [-0.39, 0.29) is 0 Å². The smallest absolute Gasteiger partial charge is 0.0133 e. The van der Waals surface area contributed by atoms with E-state index in [1.165, 1.54) is 6.42 Å². The molecule has 9 atom stereocenters. The van der Waals surface area contributed by atoms with Crippen LogP contribution >= 0.6 is 9.24 Å². The van der Waals surface area contributed by atoms with Crippen molar-refractivity contribution in [3.05, 3.63) is 0 Å². The molecule has 0 radical (unpaired) electrons. The molecule has 0 aromatic carbocycles. The highest BCUT2D eigenvalue weighted by Gasteiger charge is 3.05. The van der Waals surface area contributed by atoms with Crippen LogP contribution in [0.3, 0.4) is 0 Å². The Morgan fingerprint density at radius 2 is 1.75 bits per heavy atom. The van der Waals surface area contributed by atoms with Crippen molar-refractivity contribution in [3.8, 4) is 0 Å². The molecule has 5 aliphatic rings. The van der Waals surface area contributed by atoms with Gasteiger partial charge in [-0.3, -0.25) is 0 Å². The van der Waals surface area contributed by atoms with E-state index in [2.05, 4.69) is 36.9 Å². The summed E-state index contributed by atoms with van der Waals surface area (Å²) in [6.07, 6.45) is 3.06. The van der Waals surface area contributed by atoms with Gasteiger partial charge in [0.15, 0.2) is 0 Å². The highest BCUT2D eigenvalue weighted by Crippen LogP contribution is 3.09. The first kappa shape index (κ1) is 9.37. The SMILES string of the molecule is C[C@H]1[C@H]2C3CC(C)(P)C3C3C4(CC4(C)C)[C@@]321.